The van der Waals surface area contributed by atoms with E-state index in [0.717, 1.165) is 17.0 Å². The van der Waals surface area contributed by atoms with Gasteiger partial charge < -0.3 is 10.1 Å². The maximum Gasteiger partial charge on any atom is 0.338 e. The molecular formula is C24H24N4O2S. The molecule has 1 aliphatic rings. The van der Waals surface area contributed by atoms with Crippen molar-refractivity contribution in [1.82, 2.24) is 14.8 Å². The molecular weight excluding hydrogens is 408 g/mol. The van der Waals surface area contributed by atoms with Gasteiger partial charge in [0.05, 0.1) is 12.2 Å². The van der Waals surface area contributed by atoms with Gasteiger partial charge in [-0.2, -0.15) is 4.98 Å². The smallest absolute Gasteiger partial charge is 0.338 e. The molecule has 2 heterocycles. The van der Waals surface area contributed by atoms with Gasteiger partial charge in [-0.1, -0.05) is 84.6 Å². The minimum absolute atomic E-state index is 0.313. The van der Waals surface area contributed by atoms with Crippen LogP contribution >= 0.6 is 11.8 Å². The first-order valence-corrected chi connectivity index (χ1v) is 11.2. The summed E-state index contributed by atoms with van der Waals surface area (Å²) in [5.41, 5.74) is 3.50. The highest BCUT2D eigenvalue weighted by atomic mass is 32.2. The van der Waals surface area contributed by atoms with Crippen LogP contribution in [0.1, 0.15) is 31.0 Å². The van der Waals surface area contributed by atoms with Crippen LogP contribution in [0.4, 0.5) is 5.95 Å². The number of nitrogens with zero attached hydrogens (tertiary/aromatic N) is 3. The molecule has 1 unspecified atom stereocenters. The third-order valence-corrected chi connectivity index (χ3v) is 5.76. The van der Waals surface area contributed by atoms with Crippen molar-refractivity contribution in [3.63, 3.8) is 0 Å². The minimum Gasteiger partial charge on any atom is -0.463 e. The summed E-state index contributed by atoms with van der Waals surface area (Å²) in [6, 6.07) is 19.8. The molecule has 3 aromatic rings. The summed E-state index contributed by atoms with van der Waals surface area (Å²) in [5, 5.41) is 8.57. The van der Waals surface area contributed by atoms with Gasteiger partial charge in [-0.15, -0.1) is 5.10 Å². The minimum atomic E-state index is -0.408. The standard InChI is InChI=1S/C24H24N4O2S/c1-3-30-22(29)21-17(2)25-23-26-24(31-16-19-12-8-5-9-13-19)27-28(23)20(21)15-14-18-10-6-4-7-11-18/h4-15,20H,3,16H2,1-2H3,(H,25,26,27)/b15-14+. The average Bonchev–Trinajstić information content (AvgIpc) is 3.20. The zero-order valence-corrected chi connectivity index (χ0v) is 18.3. The van der Waals surface area contributed by atoms with Gasteiger partial charge in [0, 0.05) is 11.4 Å². The summed E-state index contributed by atoms with van der Waals surface area (Å²) in [6.45, 7) is 3.98. The van der Waals surface area contributed by atoms with Gasteiger partial charge in [-0.05, 0) is 25.0 Å². The third-order valence-electron chi connectivity index (χ3n) is 4.85. The fourth-order valence-electron chi connectivity index (χ4n) is 3.37. The van der Waals surface area contributed by atoms with E-state index in [0.29, 0.717) is 23.3 Å². The molecule has 0 spiro atoms. The van der Waals surface area contributed by atoms with Crippen LogP contribution in [0.25, 0.3) is 6.08 Å². The third kappa shape index (κ3) is 4.88. The maximum absolute atomic E-state index is 12.7. The summed E-state index contributed by atoms with van der Waals surface area (Å²) in [4.78, 5) is 17.4. The predicted octanol–water partition coefficient (Wildman–Crippen LogP) is 5.09. The number of nitrogens with one attached hydrogen (secondary N) is 1. The SMILES string of the molecule is CCOC(=O)C1=C(C)Nc2nc(SCc3ccccc3)nn2C1/C=C/c1ccccc1. The number of aromatic nitrogens is 3. The van der Waals surface area contributed by atoms with Gasteiger partial charge in [0.15, 0.2) is 0 Å². The second-order valence-corrected chi connectivity index (χ2v) is 7.98. The molecule has 0 fully saturated rings. The monoisotopic (exact) mass is 432 g/mol. The van der Waals surface area contributed by atoms with Gasteiger partial charge in [0.1, 0.15) is 6.04 Å². The molecule has 0 amide bonds. The van der Waals surface area contributed by atoms with Crippen LogP contribution in [0.2, 0.25) is 0 Å². The first-order valence-electron chi connectivity index (χ1n) is 10.2. The van der Waals surface area contributed by atoms with Gasteiger partial charge in [-0.3, -0.25) is 0 Å². The zero-order valence-electron chi connectivity index (χ0n) is 17.5. The molecule has 7 heteroatoms. The van der Waals surface area contributed by atoms with Crippen molar-refractivity contribution in [2.24, 2.45) is 0 Å². The molecule has 31 heavy (non-hydrogen) atoms. The zero-order chi connectivity index (χ0) is 21.6. The molecule has 1 aromatic heterocycles. The Kier molecular flexibility index (Phi) is 6.52. The number of hydrogen-bond acceptors (Lipinski definition) is 6. The van der Waals surface area contributed by atoms with Crippen molar-refractivity contribution >= 4 is 29.8 Å². The summed E-state index contributed by atoms with van der Waals surface area (Å²) in [7, 11) is 0. The topological polar surface area (TPSA) is 69.0 Å². The molecule has 6 nitrogen and oxygen atoms in total. The molecule has 1 aliphatic heterocycles. The first kappa shape index (κ1) is 20.9. The Bertz CT molecular complexity index is 1110. The second kappa shape index (κ2) is 9.66. The highest BCUT2D eigenvalue weighted by molar-refractivity contribution is 7.98. The number of benzene rings is 2. The van der Waals surface area contributed by atoms with Crippen molar-refractivity contribution in [1.29, 1.82) is 0 Å². The number of carbonyl (C=O) groups is 1. The van der Waals surface area contributed by atoms with Crippen LogP contribution in [0.3, 0.4) is 0 Å². The largest absolute Gasteiger partial charge is 0.463 e. The van der Waals surface area contributed by atoms with Gasteiger partial charge in [-0.25, -0.2) is 9.48 Å². The first-order chi connectivity index (χ1) is 15.2. The highest BCUT2D eigenvalue weighted by Crippen LogP contribution is 2.34. The number of esters is 1. The maximum atomic E-state index is 12.7. The van der Waals surface area contributed by atoms with Gasteiger partial charge in [0.2, 0.25) is 11.1 Å². The Balaban J connectivity index is 1.64. The lowest BCUT2D eigenvalue weighted by Gasteiger charge is -2.25. The second-order valence-electron chi connectivity index (χ2n) is 7.04. The van der Waals surface area contributed by atoms with E-state index in [1.165, 1.54) is 5.56 Å². The van der Waals surface area contributed by atoms with Crippen LogP contribution < -0.4 is 5.32 Å². The number of rotatable bonds is 7. The number of anilines is 1. The molecule has 158 valence electrons. The van der Waals surface area contributed by atoms with Gasteiger partial charge >= 0.3 is 5.97 Å². The lowest BCUT2D eigenvalue weighted by molar-refractivity contribution is -0.139. The molecule has 0 bridgehead atoms. The van der Waals surface area contributed by atoms with E-state index < -0.39 is 6.04 Å². The van der Waals surface area contributed by atoms with Crippen LogP contribution in [0.5, 0.6) is 0 Å². The van der Waals surface area contributed by atoms with Crippen LogP contribution in [-0.2, 0) is 15.3 Å². The molecule has 0 aliphatic carbocycles. The summed E-state index contributed by atoms with van der Waals surface area (Å²) in [5.74, 6) is 1.03. The van der Waals surface area contributed by atoms with Crippen molar-refractivity contribution < 1.29 is 9.53 Å². The van der Waals surface area contributed by atoms with E-state index in [-0.39, 0.29) is 5.97 Å². The number of allylic oxidation sites excluding steroid dienone is 2. The summed E-state index contributed by atoms with van der Waals surface area (Å²) < 4.78 is 7.08. The van der Waals surface area contributed by atoms with Crippen molar-refractivity contribution in [2.45, 2.75) is 30.8 Å². The van der Waals surface area contributed by atoms with Crippen molar-refractivity contribution in [3.05, 3.63) is 89.1 Å². The normalized spacial score (nSPS) is 15.6. The van der Waals surface area contributed by atoms with Crippen molar-refractivity contribution in [3.8, 4) is 0 Å². The number of ether oxygens (including phenoxy) is 1. The summed E-state index contributed by atoms with van der Waals surface area (Å²) in [6.07, 6.45) is 3.96. The van der Waals surface area contributed by atoms with E-state index in [1.54, 1.807) is 23.4 Å². The average molecular weight is 433 g/mol. The number of carbonyl (C=O) groups excluding carboxylic acids is 1. The predicted molar refractivity (Wildman–Crippen MR) is 123 cm³/mol. The Morgan fingerprint density at radius 2 is 1.87 bits per heavy atom. The Morgan fingerprint density at radius 1 is 1.16 bits per heavy atom. The number of hydrogen-bond donors (Lipinski definition) is 1. The molecule has 0 saturated heterocycles. The fraction of sp³-hybridized carbons (Fsp3) is 0.208. The van der Waals surface area contributed by atoms with E-state index in [4.69, 9.17) is 9.84 Å². The van der Waals surface area contributed by atoms with E-state index in [1.807, 2.05) is 67.6 Å². The Morgan fingerprint density at radius 3 is 2.58 bits per heavy atom. The van der Waals surface area contributed by atoms with Crippen LogP contribution in [0, 0.1) is 0 Å². The number of fused-ring (bicyclic) bond motifs is 1. The molecule has 2 aromatic carbocycles. The molecule has 4 rings (SSSR count). The van der Waals surface area contributed by atoms with Crippen molar-refractivity contribution in [2.75, 3.05) is 11.9 Å². The lowest BCUT2D eigenvalue weighted by Crippen LogP contribution is -2.28. The van der Waals surface area contributed by atoms with E-state index in [9.17, 15) is 4.79 Å². The van der Waals surface area contributed by atoms with E-state index in [2.05, 4.69) is 22.4 Å². The van der Waals surface area contributed by atoms with Crippen LogP contribution in [0.15, 0.2) is 83.2 Å². The fourth-order valence-corrected chi connectivity index (χ4v) is 4.16. The Labute approximate surface area is 186 Å². The molecule has 0 radical (unpaired) electrons. The van der Waals surface area contributed by atoms with Crippen LogP contribution in [-0.4, -0.2) is 27.3 Å². The molecule has 0 saturated carbocycles. The lowest BCUT2D eigenvalue weighted by atomic mass is 10.0. The number of thioether (sulfide) groups is 1. The quantitative estimate of drug-likeness (QED) is 0.414. The van der Waals surface area contributed by atoms with E-state index >= 15 is 0 Å². The highest BCUT2D eigenvalue weighted by Gasteiger charge is 2.32. The molecule has 1 atom stereocenters. The Hall–Kier alpha value is -3.32. The van der Waals surface area contributed by atoms with Gasteiger partial charge in [0.25, 0.3) is 0 Å². The molecule has 1 N–H and O–H groups in total. The summed E-state index contributed by atoms with van der Waals surface area (Å²) >= 11 is 1.56.